The van der Waals surface area contributed by atoms with E-state index in [-0.39, 0.29) is 17.4 Å². The number of hydrogen-bond donors (Lipinski definition) is 0. The monoisotopic (exact) mass is 331 g/mol. The molecule has 1 unspecified atom stereocenters. The van der Waals surface area contributed by atoms with Crippen molar-refractivity contribution in [1.29, 1.82) is 5.26 Å². The maximum atomic E-state index is 12.3. The van der Waals surface area contributed by atoms with Crippen LogP contribution in [0.15, 0.2) is 27.8 Å². The van der Waals surface area contributed by atoms with Gasteiger partial charge in [-0.1, -0.05) is 6.92 Å². The molecule has 0 amide bonds. The fourth-order valence-electron chi connectivity index (χ4n) is 1.43. The maximum absolute atomic E-state index is 12.3. The lowest BCUT2D eigenvalue weighted by atomic mass is 10.2. The second kappa shape index (κ2) is 6.27. The Hall–Kier alpha value is -0.970. The Bertz CT molecular complexity index is 554. The number of nitriles is 1. The molecule has 1 heterocycles. The third-order valence-electron chi connectivity index (χ3n) is 2.37. The summed E-state index contributed by atoms with van der Waals surface area (Å²) in [5.74, 6) is -0.347. The first-order valence-electron chi connectivity index (χ1n) is 5.42. The summed E-state index contributed by atoms with van der Waals surface area (Å²) >= 11 is 3.19. The van der Waals surface area contributed by atoms with Crippen molar-refractivity contribution < 1.29 is 8.42 Å². The van der Waals surface area contributed by atoms with Gasteiger partial charge in [-0.15, -0.1) is 0 Å². The van der Waals surface area contributed by atoms with Gasteiger partial charge in [0.25, 0.3) is 0 Å². The van der Waals surface area contributed by atoms with Gasteiger partial charge in [0.05, 0.1) is 12.0 Å². The van der Waals surface area contributed by atoms with Gasteiger partial charge in [0.2, 0.25) is 10.0 Å². The molecule has 0 aliphatic heterocycles. The second-order valence-corrected chi connectivity index (χ2v) is 6.68. The minimum atomic E-state index is -3.59. The Balaban J connectivity index is 3.08. The fourth-order valence-corrected chi connectivity index (χ4v) is 3.47. The molecule has 5 nitrogen and oxygen atoms in total. The Kier molecular flexibility index (Phi) is 5.26. The highest BCUT2D eigenvalue weighted by Gasteiger charge is 2.25. The minimum Gasteiger partial charge on any atom is -0.262 e. The van der Waals surface area contributed by atoms with Crippen LogP contribution in [0, 0.1) is 17.2 Å². The number of pyridine rings is 1. The van der Waals surface area contributed by atoms with E-state index in [1.165, 1.54) is 22.8 Å². The summed E-state index contributed by atoms with van der Waals surface area (Å²) in [5, 5.41) is 8.77. The Morgan fingerprint density at radius 1 is 1.56 bits per heavy atom. The van der Waals surface area contributed by atoms with Crippen LogP contribution in [0.1, 0.15) is 13.8 Å². The van der Waals surface area contributed by atoms with Gasteiger partial charge in [0.1, 0.15) is 4.90 Å². The van der Waals surface area contributed by atoms with Gasteiger partial charge in [-0.3, -0.25) is 4.98 Å². The predicted molar refractivity (Wildman–Crippen MR) is 71.1 cm³/mol. The zero-order valence-electron chi connectivity index (χ0n) is 10.2. The minimum absolute atomic E-state index is 0.129. The van der Waals surface area contributed by atoms with Gasteiger partial charge < -0.3 is 0 Å². The standard InChI is InChI=1S/C11H14BrN3O2S/c1-3-15(8-9(2)5-13)18(16,17)11-4-10(12)6-14-7-11/h4,6-7,9H,3,8H2,1-2H3. The summed E-state index contributed by atoms with van der Waals surface area (Å²) in [6, 6.07) is 3.54. The van der Waals surface area contributed by atoms with Crippen LogP contribution >= 0.6 is 15.9 Å². The average Bonchev–Trinajstić information content (AvgIpc) is 2.35. The molecule has 0 spiro atoms. The van der Waals surface area contributed by atoms with Crippen LogP contribution in [0.3, 0.4) is 0 Å². The molecule has 0 bridgehead atoms. The summed E-state index contributed by atoms with van der Waals surface area (Å²) in [7, 11) is -3.59. The third-order valence-corrected chi connectivity index (χ3v) is 4.71. The molecule has 0 radical (unpaired) electrons. The van der Waals surface area contributed by atoms with Crippen molar-refractivity contribution >= 4 is 26.0 Å². The van der Waals surface area contributed by atoms with Gasteiger partial charge in [-0.25, -0.2) is 8.42 Å². The van der Waals surface area contributed by atoms with Crippen molar-refractivity contribution in [2.45, 2.75) is 18.7 Å². The molecule has 1 rings (SSSR count). The maximum Gasteiger partial charge on any atom is 0.244 e. The van der Waals surface area contributed by atoms with Crippen molar-refractivity contribution in [2.75, 3.05) is 13.1 Å². The molecule has 0 N–H and O–H groups in total. The first-order valence-corrected chi connectivity index (χ1v) is 7.65. The van der Waals surface area contributed by atoms with Crippen LogP contribution in [0.4, 0.5) is 0 Å². The molecule has 0 aliphatic rings. The molecule has 0 aliphatic carbocycles. The van der Waals surface area contributed by atoms with Crippen molar-refractivity contribution in [3.05, 3.63) is 22.9 Å². The lowest BCUT2D eigenvalue weighted by Crippen LogP contribution is -2.34. The van der Waals surface area contributed by atoms with E-state index < -0.39 is 10.0 Å². The van der Waals surface area contributed by atoms with E-state index in [2.05, 4.69) is 20.9 Å². The number of halogens is 1. The zero-order chi connectivity index (χ0) is 13.8. The largest absolute Gasteiger partial charge is 0.262 e. The van der Waals surface area contributed by atoms with Gasteiger partial charge in [0.15, 0.2) is 0 Å². The van der Waals surface area contributed by atoms with E-state index in [9.17, 15) is 8.42 Å². The molecular formula is C11H14BrN3O2S. The van der Waals surface area contributed by atoms with Crippen molar-refractivity contribution in [3.8, 4) is 6.07 Å². The van der Waals surface area contributed by atoms with Gasteiger partial charge in [0, 0.05) is 30.0 Å². The molecule has 18 heavy (non-hydrogen) atoms. The van der Waals surface area contributed by atoms with Gasteiger partial charge >= 0.3 is 0 Å². The lowest BCUT2D eigenvalue weighted by Gasteiger charge is -2.21. The summed E-state index contributed by atoms with van der Waals surface area (Å²) in [5.41, 5.74) is 0. The molecule has 0 aromatic carbocycles. The normalized spacial score (nSPS) is 13.3. The lowest BCUT2D eigenvalue weighted by molar-refractivity contribution is 0.399. The SMILES string of the molecule is CCN(CC(C)C#N)S(=O)(=O)c1cncc(Br)c1. The Morgan fingerprint density at radius 3 is 2.72 bits per heavy atom. The smallest absolute Gasteiger partial charge is 0.244 e. The summed E-state index contributed by atoms with van der Waals surface area (Å²) < 4.78 is 26.5. The highest BCUT2D eigenvalue weighted by molar-refractivity contribution is 9.10. The topological polar surface area (TPSA) is 74.1 Å². The van der Waals surface area contributed by atoms with E-state index in [1.807, 2.05) is 6.07 Å². The van der Waals surface area contributed by atoms with E-state index in [4.69, 9.17) is 5.26 Å². The van der Waals surface area contributed by atoms with E-state index in [0.29, 0.717) is 11.0 Å². The first-order chi connectivity index (χ1) is 8.41. The van der Waals surface area contributed by atoms with Gasteiger partial charge in [-0.05, 0) is 28.9 Å². The third kappa shape index (κ3) is 3.51. The van der Waals surface area contributed by atoms with E-state index in [0.717, 1.165) is 0 Å². The van der Waals surface area contributed by atoms with Crippen molar-refractivity contribution in [1.82, 2.24) is 9.29 Å². The number of sulfonamides is 1. The quantitative estimate of drug-likeness (QED) is 0.827. The number of aromatic nitrogens is 1. The summed E-state index contributed by atoms with van der Waals surface area (Å²) in [6.07, 6.45) is 2.83. The number of rotatable bonds is 5. The number of hydrogen-bond acceptors (Lipinski definition) is 4. The van der Waals surface area contributed by atoms with Crippen LogP contribution < -0.4 is 0 Å². The van der Waals surface area contributed by atoms with Crippen molar-refractivity contribution in [2.24, 2.45) is 5.92 Å². The Labute approximate surface area is 116 Å². The molecule has 1 aromatic rings. The van der Waals surface area contributed by atoms with Crippen molar-refractivity contribution in [3.63, 3.8) is 0 Å². The highest BCUT2D eigenvalue weighted by Crippen LogP contribution is 2.19. The molecule has 7 heteroatoms. The van der Waals surface area contributed by atoms with E-state index >= 15 is 0 Å². The summed E-state index contributed by atoms with van der Waals surface area (Å²) in [4.78, 5) is 3.98. The average molecular weight is 332 g/mol. The Morgan fingerprint density at radius 2 is 2.22 bits per heavy atom. The molecule has 1 aromatic heterocycles. The van der Waals surface area contributed by atoms with Gasteiger partial charge in [-0.2, -0.15) is 9.57 Å². The number of nitrogens with zero attached hydrogens (tertiary/aromatic N) is 3. The van der Waals surface area contributed by atoms with Crippen LogP contribution in [0.5, 0.6) is 0 Å². The molecular weight excluding hydrogens is 318 g/mol. The van der Waals surface area contributed by atoms with Crippen LogP contribution in [-0.4, -0.2) is 30.8 Å². The zero-order valence-corrected chi connectivity index (χ0v) is 12.6. The predicted octanol–water partition coefficient (Wildman–Crippen LogP) is 2.01. The first kappa shape index (κ1) is 15.1. The van der Waals surface area contributed by atoms with Crippen LogP contribution in [0.2, 0.25) is 0 Å². The highest BCUT2D eigenvalue weighted by atomic mass is 79.9. The van der Waals surface area contributed by atoms with Crippen LogP contribution in [0.25, 0.3) is 0 Å². The fraction of sp³-hybridized carbons (Fsp3) is 0.455. The van der Waals surface area contributed by atoms with E-state index in [1.54, 1.807) is 13.8 Å². The van der Waals surface area contributed by atoms with Crippen LogP contribution in [-0.2, 0) is 10.0 Å². The molecule has 0 fully saturated rings. The molecule has 0 saturated heterocycles. The molecule has 98 valence electrons. The molecule has 0 saturated carbocycles. The summed E-state index contributed by atoms with van der Waals surface area (Å²) in [6.45, 7) is 3.94. The second-order valence-electron chi connectivity index (χ2n) is 3.82. The molecule has 1 atom stereocenters.